The standard InChI is InChI=1S/C11H21N3O/c1-10(2)9-15-6-5-14-4-3-13-8-11(14)7-12/h10-11,13H,3-6,8-9H2,1-2H3. The first kappa shape index (κ1) is 12.4. The van der Waals surface area contributed by atoms with Gasteiger partial charge in [0.15, 0.2) is 0 Å². The Bertz CT molecular complexity index is 212. The maximum atomic E-state index is 8.93. The van der Waals surface area contributed by atoms with Crippen molar-refractivity contribution in [1.82, 2.24) is 10.2 Å². The van der Waals surface area contributed by atoms with Gasteiger partial charge in [-0.1, -0.05) is 13.8 Å². The summed E-state index contributed by atoms with van der Waals surface area (Å²) in [7, 11) is 0. The van der Waals surface area contributed by atoms with Gasteiger partial charge < -0.3 is 10.1 Å². The van der Waals surface area contributed by atoms with E-state index in [1.165, 1.54) is 0 Å². The lowest BCUT2D eigenvalue weighted by atomic mass is 10.2. The number of nitrogens with one attached hydrogen (secondary N) is 1. The molecule has 0 bridgehead atoms. The van der Waals surface area contributed by atoms with Crippen LogP contribution in [0.4, 0.5) is 0 Å². The van der Waals surface area contributed by atoms with Crippen LogP contribution in [0, 0.1) is 17.2 Å². The monoisotopic (exact) mass is 211 g/mol. The Hall–Kier alpha value is -0.630. The third kappa shape index (κ3) is 4.61. The SMILES string of the molecule is CC(C)COCCN1CCNCC1C#N. The highest BCUT2D eigenvalue weighted by molar-refractivity contribution is 4.95. The molecule has 1 atom stereocenters. The molecule has 1 N–H and O–H groups in total. The number of nitriles is 1. The molecule has 0 spiro atoms. The van der Waals surface area contributed by atoms with Gasteiger partial charge in [-0.15, -0.1) is 0 Å². The smallest absolute Gasteiger partial charge is 0.110 e. The maximum absolute atomic E-state index is 8.93. The topological polar surface area (TPSA) is 48.3 Å². The number of piperazine rings is 1. The van der Waals surface area contributed by atoms with E-state index < -0.39 is 0 Å². The average Bonchev–Trinajstić information content (AvgIpc) is 2.24. The first-order chi connectivity index (χ1) is 7.24. The van der Waals surface area contributed by atoms with Crippen molar-refractivity contribution in [3.05, 3.63) is 0 Å². The molecule has 1 aliphatic rings. The van der Waals surface area contributed by atoms with Crippen LogP contribution in [0.25, 0.3) is 0 Å². The van der Waals surface area contributed by atoms with Crippen LogP contribution >= 0.6 is 0 Å². The zero-order valence-electron chi connectivity index (χ0n) is 9.70. The first-order valence-electron chi connectivity index (χ1n) is 5.66. The Morgan fingerprint density at radius 2 is 2.40 bits per heavy atom. The summed E-state index contributed by atoms with van der Waals surface area (Å²) in [5.74, 6) is 0.583. The molecule has 0 radical (unpaired) electrons. The molecule has 1 unspecified atom stereocenters. The molecule has 1 heterocycles. The summed E-state index contributed by atoms with van der Waals surface area (Å²) in [6.07, 6.45) is 0. The summed E-state index contributed by atoms with van der Waals surface area (Å²) in [6.45, 7) is 9.39. The summed E-state index contributed by atoms with van der Waals surface area (Å²) in [6, 6.07) is 2.33. The third-order valence-corrected chi connectivity index (χ3v) is 2.48. The van der Waals surface area contributed by atoms with Gasteiger partial charge in [-0.2, -0.15) is 5.26 Å². The lowest BCUT2D eigenvalue weighted by Crippen LogP contribution is -2.51. The van der Waals surface area contributed by atoms with Crippen molar-refractivity contribution in [2.45, 2.75) is 19.9 Å². The normalized spacial score (nSPS) is 22.9. The second kappa shape index (κ2) is 6.78. The van der Waals surface area contributed by atoms with Gasteiger partial charge in [0.1, 0.15) is 6.04 Å². The van der Waals surface area contributed by atoms with Gasteiger partial charge in [-0.3, -0.25) is 4.90 Å². The van der Waals surface area contributed by atoms with E-state index in [0.29, 0.717) is 5.92 Å². The molecule has 0 aromatic carbocycles. The van der Waals surface area contributed by atoms with Crippen LogP contribution in [-0.4, -0.2) is 50.3 Å². The second-order valence-corrected chi connectivity index (χ2v) is 4.35. The molecule has 15 heavy (non-hydrogen) atoms. The molecule has 0 amide bonds. The van der Waals surface area contributed by atoms with Gasteiger partial charge in [-0.05, 0) is 5.92 Å². The van der Waals surface area contributed by atoms with Crippen molar-refractivity contribution in [3.63, 3.8) is 0 Å². The fraction of sp³-hybridized carbons (Fsp3) is 0.909. The van der Waals surface area contributed by atoms with Gasteiger partial charge in [0, 0.05) is 32.8 Å². The molecule has 4 nitrogen and oxygen atoms in total. The number of rotatable bonds is 5. The molecule has 86 valence electrons. The Kier molecular flexibility index (Phi) is 5.62. The van der Waals surface area contributed by atoms with Gasteiger partial charge in [0.05, 0.1) is 12.7 Å². The van der Waals surface area contributed by atoms with Crippen LogP contribution in [0.15, 0.2) is 0 Å². The largest absolute Gasteiger partial charge is 0.380 e. The van der Waals surface area contributed by atoms with Crippen molar-refractivity contribution in [1.29, 1.82) is 5.26 Å². The summed E-state index contributed by atoms with van der Waals surface area (Å²) in [5.41, 5.74) is 0. The number of ether oxygens (including phenoxy) is 1. The molecular formula is C11H21N3O. The lowest BCUT2D eigenvalue weighted by Gasteiger charge is -2.31. The van der Waals surface area contributed by atoms with Crippen LogP contribution in [0.1, 0.15) is 13.8 Å². The fourth-order valence-electron chi connectivity index (χ4n) is 1.64. The van der Waals surface area contributed by atoms with Crippen LogP contribution in [0.3, 0.4) is 0 Å². The maximum Gasteiger partial charge on any atom is 0.110 e. The van der Waals surface area contributed by atoms with E-state index in [-0.39, 0.29) is 6.04 Å². The predicted octanol–water partition coefficient (Wildman–Crippen LogP) is 0.456. The number of hydrogen-bond donors (Lipinski definition) is 1. The van der Waals surface area contributed by atoms with E-state index in [2.05, 4.69) is 30.1 Å². The summed E-state index contributed by atoms with van der Waals surface area (Å²) < 4.78 is 5.52. The van der Waals surface area contributed by atoms with E-state index in [0.717, 1.165) is 39.4 Å². The van der Waals surface area contributed by atoms with Gasteiger partial charge in [0.25, 0.3) is 0 Å². The molecule has 0 aromatic heterocycles. The lowest BCUT2D eigenvalue weighted by molar-refractivity contribution is 0.0735. The summed E-state index contributed by atoms with van der Waals surface area (Å²) >= 11 is 0. The third-order valence-electron chi connectivity index (χ3n) is 2.48. The van der Waals surface area contributed by atoms with E-state index >= 15 is 0 Å². The van der Waals surface area contributed by atoms with E-state index in [1.54, 1.807) is 0 Å². The van der Waals surface area contributed by atoms with E-state index in [4.69, 9.17) is 10.00 Å². The molecule has 4 heteroatoms. The van der Waals surface area contributed by atoms with Crippen LogP contribution in [0.5, 0.6) is 0 Å². The van der Waals surface area contributed by atoms with E-state index in [1.807, 2.05) is 0 Å². The quantitative estimate of drug-likeness (QED) is 0.671. The molecule has 0 aromatic rings. The molecule has 1 rings (SSSR count). The zero-order valence-corrected chi connectivity index (χ0v) is 9.70. The summed E-state index contributed by atoms with van der Waals surface area (Å²) in [4.78, 5) is 2.19. The predicted molar refractivity (Wildman–Crippen MR) is 59.5 cm³/mol. The van der Waals surface area contributed by atoms with Crippen LogP contribution < -0.4 is 5.32 Å². The number of hydrogen-bond acceptors (Lipinski definition) is 4. The first-order valence-corrected chi connectivity index (χ1v) is 5.66. The molecule has 1 aliphatic heterocycles. The Labute approximate surface area is 92.2 Å². The molecule has 1 fully saturated rings. The molecule has 0 saturated carbocycles. The van der Waals surface area contributed by atoms with Crippen molar-refractivity contribution in [3.8, 4) is 6.07 Å². The van der Waals surface area contributed by atoms with Gasteiger partial charge in [-0.25, -0.2) is 0 Å². The highest BCUT2D eigenvalue weighted by Crippen LogP contribution is 2.02. The minimum Gasteiger partial charge on any atom is -0.380 e. The van der Waals surface area contributed by atoms with E-state index in [9.17, 15) is 0 Å². The van der Waals surface area contributed by atoms with Crippen molar-refractivity contribution in [2.75, 3.05) is 39.4 Å². The van der Waals surface area contributed by atoms with Crippen molar-refractivity contribution >= 4 is 0 Å². The average molecular weight is 211 g/mol. The fourth-order valence-corrected chi connectivity index (χ4v) is 1.64. The van der Waals surface area contributed by atoms with Crippen LogP contribution in [-0.2, 0) is 4.74 Å². The zero-order chi connectivity index (χ0) is 11.1. The minimum atomic E-state index is 0.0152. The Balaban J connectivity index is 2.16. The Morgan fingerprint density at radius 3 is 3.07 bits per heavy atom. The minimum absolute atomic E-state index is 0.0152. The van der Waals surface area contributed by atoms with Gasteiger partial charge in [0.2, 0.25) is 0 Å². The number of nitrogens with zero attached hydrogens (tertiary/aromatic N) is 2. The highest BCUT2D eigenvalue weighted by atomic mass is 16.5. The summed E-state index contributed by atoms with van der Waals surface area (Å²) in [5, 5.41) is 12.2. The van der Waals surface area contributed by atoms with Gasteiger partial charge >= 0.3 is 0 Å². The Morgan fingerprint density at radius 1 is 1.60 bits per heavy atom. The van der Waals surface area contributed by atoms with Crippen molar-refractivity contribution < 1.29 is 4.74 Å². The van der Waals surface area contributed by atoms with Crippen LogP contribution in [0.2, 0.25) is 0 Å². The molecular weight excluding hydrogens is 190 g/mol. The molecule has 0 aliphatic carbocycles. The van der Waals surface area contributed by atoms with Crippen molar-refractivity contribution in [2.24, 2.45) is 5.92 Å². The highest BCUT2D eigenvalue weighted by Gasteiger charge is 2.20. The molecule has 1 saturated heterocycles. The second-order valence-electron chi connectivity index (χ2n) is 4.35.